The van der Waals surface area contributed by atoms with Crippen LogP contribution in [-0.4, -0.2) is 4.98 Å². The molecule has 0 fully saturated rings. The van der Waals surface area contributed by atoms with Crippen LogP contribution < -0.4 is 5.43 Å². The second-order valence-electron chi connectivity index (χ2n) is 3.23. The van der Waals surface area contributed by atoms with Gasteiger partial charge in [0, 0.05) is 11.5 Å². The lowest BCUT2D eigenvalue weighted by Crippen LogP contribution is -2.13. The average Bonchev–Trinajstić information content (AvgIpc) is 2.15. The minimum atomic E-state index is -4.65. The summed E-state index contributed by atoms with van der Waals surface area (Å²) in [7, 11) is 0. The number of benzene rings is 1. The summed E-state index contributed by atoms with van der Waals surface area (Å²) in [5.74, 6) is -0.706. The first kappa shape index (κ1) is 10.7. The molecule has 0 atom stereocenters. The maximum Gasteiger partial charge on any atom is 0.431 e. The summed E-state index contributed by atoms with van der Waals surface area (Å²) in [5.41, 5.74) is -2.14. The maximum atomic E-state index is 12.8. The Balaban J connectivity index is 2.80. The number of aromatic nitrogens is 1. The zero-order valence-electron chi connectivity index (χ0n) is 7.73. The molecule has 1 heterocycles. The molecule has 84 valence electrons. The zero-order chi connectivity index (χ0) is 11.9. The van der Waals surface area contributed by atoms with E-state index in [1.807, 2.05) is 4.98 Å². The van der Waals surface area contributed by atoms with Crippen molar-refractivity contribution in [3.8, 4) is 0 Å². The quantitative estimate of drug-likeness (QED) is 0.694. The third-order valence-electron chi connectivity index (χ3n) is 2.10. The van der Waals surface area contributed by atoms with Gasteiger partial charge in [-0.1, -0.05) is 0 Å². The zero-order valence-corrected chi connectivity index (χ0v) is 7.73. The molecule has 0 radical (unpaired) electrons. The number of alkyl halides is 3. The molecule has 2 aromatic rings. The van der Waals surface area contributed by atoms with Crippen molar-refractivity contribution in [2.75, 3.05) is 0 Å². The summed E-state index contributed by atoms with van der Waals surface area (Å²) in [6, 6.07) is 3.47. The topological polar surface area (TPSA) is 32.9 Å². The van der Waals surface area contributed by atoms with Gasteiger partial charge in [0.25, 0.3) is 0 Å². The van der Waals surface area contributed by atoms with Gasteiger partial charge in [0.1, 0.15) is 11.5 Å². The van der Waals surface area contributed by atoms with Crippen molar-refractivity contribution in [3.63, 3.8) is 0 Å². The van der Waals surface area contributed by atoms with Crippen LogP contribution >= 0.6 is 0 Å². The predicted molar refractivity (Wildman–Crippen MR) is 49.5 cm³/mol. The van der Waals surface area contributed by atoms with E-state index >= 15 is 0 Å². The van der Waals surface area contributed by atoms with Crippen molar-refractivity contribution < 1.29 is 17.6 Å². The van der Waals surface area contributed by atoms with Gasteiger partial charge >= 0.3 is 6.18 Å². The van der Waals surface area contributed by atoms with Gasteiger partial charge in [-0.2, -0.15) is 13.2 Å². The monoisotopic (exact) mass is 231 g/mol. The SMILES string of the molecule is O=c1cc(C(F)(F)F)[nH]c2cc(F)ccc12. The van der Waals surface area contributed by atoms with Gasteiger partial charge in [-0.15, -0.1) is 0 Å². The van der Waals surface area contributed by atoms with Crippen LogP contribution in [0.25, 0.3) is 10.9 Å². The second kappa shape index (κ2) is 3.33. The van der Waals surface area contributed by atoms with Crippen molar-refractivity contribution in [1.82, 2.24) is 4.98 Å². The molecule has 1 N–H and O–H groups in total. The molecule has 0 bridgehead atoms. The molecule has 0 aliphatic carbocycles. The van der Waals surface area contributed by atoms with Crippen LogP contribution in [0.2, 0.25) is 0 Å². The van der Waals surface area contributed by atoms with E-state index in [-0.39, 0.29) is 10.9 Å². The Hall–Kier alpha value is -1.85. The minimum Gasteiger partial charge on any atom is -0.351 e. The number of aromatic amines is 1. The van der Waals surface area contributed by atoms with E-state index in [1.165, 1.54) is 0 Å². The maximum absolute atomic E-state index is 12.8. The lowest BCUT2D eigenvalue weighted by Gasteiger charge is -2.07. The number of H-pyrrole nitrogens is 1. The number of halogens is 4. The Kier molecular flexibility index (Phi) is 2.22. The van der Waals surface area contributed by atoms with Crippen LogP contribution in [-0.2, 0) is 6.18 Å². The Morgan fingerprint density at radius 1 is 1.12 bits per heavy atom. The summed E-state index contributed by atoms with van der Waals surface area (Å²) in [4.78, 5) is 13.3. The first-order valence-corrected chi connectivity index (χ1v) is 4.28. The van der Waals surface area contributed by atoms with E-state index in [2.05, 4.69) is 0 Å². The van der Waals surface area contributed by atoms with Crippen LogP contribution in [0, 0.1) is 5.82 Å². The van der Waals surface area contributed by atoms with Gasteiger partial charge in [-0.05, 0) is 18.2 Å². The predicted octanol–water partition coefficient (Wildman–Crippen LogP) is 2.69. The standard InChI is InChI=1S/C10H5F4NO/c11-5-1-2-6-7(3-5)15-9(4-8(6)16)10(12,13)14/h1-4H,(H,15,16). The number of hydrogen-bond donors (Lipinski definition) is 1. The Morgan fingerprint density at radius 3 is 2.44 bits per heavy atom. The van der Waals surface area contributed by atoms with Gasteiger partial charge in [0.15, 0.2) is 5.43 Å². The molecule has 2 nitrogen and oxygen atoms in total. The van der Waals surface area contributed by atoms with Gasteiger partial charge in [0.05, 0.1) is 5.52 Å². The van der Waals surface area contributed by atoms with E-state index in [9.17, 15) is 22.4 Å². The summed E-state index contributed by atoms with van der Waals surface area (Å²) in [6.45, 7) is 0. The molecule has 0 saturated heterocycles. The van der Waals surface area contributed by atoms with Crippen LogP contribution in [0.1, 0.15) is 5.69 Å². The number of fused-ring (bicyclic) bond motifs is 1. The molecule has 6 heteroatoms. The smallest absolute Gasteiger partial charge is 0.351 e. The van der Waals surface area contributed by atoms with E-state index in [1.54, 1.807) is 0 Å². The van der Waals surface area contributed by atoms with E-state index in [0.29, 0.717) is 6.07 Å². The third kappa shape index (κ3) is 1.78. The van der Waals surface area contributed by atoms with E-state index < -0.39 is 23.1 Å². The summed E-state index contributed by atoms with van der Waals surface area (Å²) >= 11 is 0. The lowest BCUT2D eigenvalue weighted by atomic mass is 10.2. The fraction of sp³-hybridized carbons (Fsp3) is 0.100. The van der Waals surface area contributed by atoms with Crippen molar-refractivity contribution >= 4 is 10.9 Å². The third-order valence-corrected chi connectivity index (χ3v) is 2.10. The highest BCUT2D eigenvalue weighted by molar-refractivity contribution is 5.78. The number of nitrogens with one attached hydrogen (secondary N) is 1. The molecule has 0 saturated carbocycles. The molecule has 1 aromatic heterocycles. The molecule has 0 amide bonds. The molecule has 2 rings (SSSR count). The highest BCUT2D eigenvalue weighted by Crippen LogP contribution is 2.27. The van der Waals surface area contributed by atoms with Crippen molar-refractivity contribution in [2.24, 2.45) is 0 Å². The highest BCUT2D eigenvalue weighted by Gasteiger charge is 2.32. The molecule has 0 spiro atoms. The van der Waals surface area contributed by atoms with Gasteiger partial charge in [-0.25, -0.2) is 4.39 Å². The van der Waals surface area contributed by atoms with E-state index in [0.717, 1.165) is 18.2 Å². The van der Waals surface area contributed by atoms with Crippen molar-refractivity contribution in [1.29, 1.82) is 0 Å². The molecule has 1 aromatic carbocycles. The average molecular weight is 231 g/mol. The fourth-order valence-corrected chi connectivity index (χ4v) is 1.38. The van der Waals surface area contributed by atoms with Crippen molar-refractivity contribution in [3.05, 3.63) is 46.0 Å². The van der Waals surface area contributed by atoms with Crippen LogP contribution in [0.3, 0.4) is 0 Å². The van der Waals surface area contributed by atoms with Gasteiger partial charge < -0.3 is 4.98 Å². The second-order valence-corrected chi connectivity index (χ2v) is 3.23. The first-order valence-electron chi connectivity index (χ1n) is 4.28. The summed E-state index contributed by atoms with van der Waals surface area (Å²) < 4.78 is 49.8. The molecule has 16 heavy (non-hydrogen) atoms. The first-order chi connectivity index (χ1) is 7.38. The number of rotatable bonds is 0. The normalized spacial score (nSPS) is 12.0. The van der Waals surface area contributed by atoms with Crippen LogP contribution in [0.4, 0.5) is 17.6 Å². The number of hydrogen-bond acceptors (Lipinski definition) is 1. The molecular weight excluding hydrogens is 226 g/mol. The van der Waals surface area contributed by atoms with Crippen molar-refractivity contribution in [2.45, 2.75) is 6.18 Å². The fourth-order valence-electron chi connectivity index (χ4n) is 1.38. The largest absolute Gasteiger partial charge is 0.431 e. The Labute approximate surface area is 86.5 Å². The van der Waals surface area contributed by atoms with E-state index in [4.69, 9.17) is 0 Å². The summed E-state index contributed by atoms with van der Waals surface area (Å²) in [5, 5.41) is 0.0226. The Bertz CT molecular complexity index is 600. The molecule has 0 aliphatic rings. The van der Waals surface area contributed by atoms with Gasteiger partial charge in [-0.3, -0.25) is 4.79 Å². The number of pyridine rings is 1. The molecular formula is C10H5F4NO. The van der Waals surface area contributed by atoms with Crippen LogP contribution in [0.15, 0.2) is 29.1 Å². The molecule has 0 aliphatic heterocycles. The Morgan fingerprint density at radius 2 is 1.81 bits per heavy atom. The van der Waals surface area contributed by atoms with Gasteiger partial charge in [0.2, 0.25) is 0 Å². The highest BCUT2D eigenvalue weighted by atomic mass is 19.4. The minimum absolute atomic E-state index is 0.0226. The summed E-state index contributed by atoms with van der Waals surface area (Å²) in [6.07, 6.45) is -4.65. The molecule has 0 unspecified atom stereocenters. The van der Waals surface area contributed by atoms with Crippen LogP contribution in [0.5, 0.6) is 0 Å². The lowest BCUT2D eigenvalue weighted by molar-refractivity contribution is -0.141.